The van der Waals surface area contributed by atoms with E-state index in [0.717, 1.165) is 101 Å². The van der Waals surface area contributed by atoms with Gasteiger partial charge in [-0.1, -0.05) is 12.1 Å². The SMILES string of the molecule is CCN(CC)C(=O)c1cccc(NCCCNCCNCCCNc2cccc(C(=O)N(CC)CC)c2)c1. The van der Waals surface area contributed by atoms with Crippen LogP contribution < -0.4 is 21.3 Å². The van der Waals surface area contributed by atoms with E-state index in [4.69, 9.17) is 0 Å². The van der Waals surface area contributed by atoms with Crippen LogP contribution in [0.5, 0.6) is 0 Å². The molecule has 0 atom stereocenters. The van der Waals surface area contributed by atoms with Crippen LogP contribution in [0.2, 0.25) is 0 Å². The molecule has 2 aromatic carbocycles. The van der Waals surface area contributed by atoms with Gasteiger partial charge in [0, 0.05) is 74.9 Å². The van der Waals surface area contributed by atoms with Gasteiger partial charge in [0.15, 0.2) is 0 Å². The van der Waals surface area contributed by atoms with E-state index in [9.17, 15) is 9.59 Å². The molecule has 0 fully saturated rings. The predicted molar refractivity (Wildman–Crippen MR) is 159 cm³/mol. The van der Waals surface area contributed by atoms with E-state index in [0.29, 0.717) is 0 Å². The number of rotatable bonds is 19. The number of nitrogens with one attached hydrogen (secondary N) is 4. The smallest absolute Gasteiger partial charge is 0.253 e. The quantitative estimate of drug-likeness (QED) is 0.207. The van der Waals surface area contributed by atoms with Crippen LogP contribution >= 0.6 is 0 Å². The summed E-state index contributed by atoms with van der Waals surface area (Å²) in [7, 11) is 0. The summed E-state index contributed by atoms with van der Waals surface area (Å²) < 4.78 is 0. The van der Waals surface area contributed by atoms with Gasteiger partial charge in [-0.3, -0.25) is 9.59 Å². The molecule has 0 heterocycles. The normalized spacial score (nSPS) is 10.7. The molecule has 38 heavy (non-hydrogen) atoms. The largest absolute Gasteiger partial charge is 0.385 e. The molecule has 2 amide bonds. The third-order valence-electron chi connectivity index (χ3n) is 6.52. The highest BCUT2D eigenvalue weighted by molar-refractivity contribution is 5.95. The molecule has 2 aromatic rings. The lowest BCUT2D eigenvalue weighted by Crippen LogP contribution is -2.30. The van der Waals surface area contributed by atoms with E-state index in [1.54, 1.807) is 0 Å². The van der Waals surface area contributed by atoms with Crippen molar-refractivity contribution in [2.24, 2.45) is 0 Å². The van der Waals surface area contributed by atoms with Gasteiger partial charge in [0.2, 0.25) is 0 Å². The number of carbonyl (C=O) groups is 2. The van der Waals surface area contributed by atoms with Gasteiger partial charge in [-0.05, 0) is 90.0 Å². The van der Waals surface area contributed by atoms with Gasteiger partial charge in [-0.25, -0.2) is 0 Å². The summed E-state index contributed by atoms with van der Waals surface area (Å²) >= 11 is 0. The van der Waals surface area contributed by atoms with Gasteiger partial charge >= 0.3 is 0 Å². The minimum Gasteiger partial charge on any atom is -0.385 e. The van der Waals surface area contributed by atoms with E-state index in [1.807, 2.05) is 86.0 Å². The Morgan fingerprint density at radius 2 is 0.974 bits per heavy atom. The number of hydrogen-bond acceptors (Lipinski definition) is 6. The van der Waals surface area contributed by atoms with Crippen LogP contribution in [0.3, 0.4) is 0 Å². The summed E-state index contributed by atoms with van der Waals surface area (Å²) in [5.74, 6) is 0.167. The fraction of sp³-hybridized carbons (Fsp3) is 0.533. The summed E-state index contributed by atoms with van der Waals surface area (Å²) in [6.07, 6.45) is 2.02. The number of benzene rings is 2. The number of carbonyl (C=O) groups excluding carboxylic acids is 2. The first-order valence-electron chi connectivity index (χ1n) is 14.2. The highest BCUT2D eigenvalue weighted by atomic mass is 16.2. The molecule has 8 nitrogen and oxygen atoms in total. The van der Waals surface area contributed by atoms with Crippen LogP contribution in [-0.2, 0) is 0 Å². The lowest BCUT2D eigenvalue weighted by atomic mass is 10.1. The van der Waals surface area contributed by atoms with Crippen molar-refractivity contribution in [3.05, 3.63) is 59.7 Å². The number of amides is 2. The molecule has 0 aliphatic rings. The zero-order chi connectivity index (χ0) is 27.6. The zero-order valence-electron chi connectivity index (χ0n) is 23.8. The molecule has 210 valence electrons. The fourth-order valence-electron chi connectivity index (χ4n) is 4.23. The summed E-state index contributed by atoms with van der Waals surface area (Å²) in [4.78, 5) is 28.7. The van der Waals surface area contributed by atoms with Crippen molar-refractivity contribution >= 4 is 23.2 Å². The topological polar surface area (TPSA) is 88.7 Å². The first kappa shape index (κ1) is 31.1. The highest BCUT2D eigenvalue weighted by Gasteiger charge is 2.13. The van der Waals surface area contributed by atoms with Crippen LogP contribution in [0.4, 0.5) is 11.4 Å². The second-order valence-corrected chi connectivity index (χ2v) is 9.18. The van der Waals surface area contributed by atoms with Gasteiger partial charge < -0.3 is 31.1 Å². The summed E-state index contributed by atoms with van der Waals surface area (Å²) in [6, 6.07) is 15.5. The van der Waals surface area contributed by atoms with E-state index >= 15 is 0 Å². The molecule has 0 unspecified atom stereocenters. The highest BCUT2D eigenvalue weighted by Crippen LogP contribution is 2.14. The monoisotopic (exact) mass is 524 g/mol. The second-order valence-electron chi connectivity index (χ2n) is 9.18. The molecule has 4 N–H and O–H groups in total. The third kappa shape index (κ3) is 10.7. The van der Waals surface area contributed by atoms with E-state index in [-0.39, 0.29) is 11.8 Å². The molecule has 0 aliphatic carbocycles. The first-order chi connectivity index (χ1) is 18.5. The van der Waals surface area contributed by atoms with Crippen LogP contribution in [0.15, 0.2) is 48.5 Å². The predicted octanol–water partition coefficient (Wildman–Crippen LogP) is 4.13. The van der Waals surface area contributed by atoms with Crippen molar-refractivity contribution in [2.75, 3.05) is 76.1 Å². The van der Waals surface area contributed by atoms with Gasteiger partial charge in [-0.2, -0.15) is 0 Å². The standard InChI is InChI=1S/C30H48N6O2/c1-5-35(6-2)29(37)25-13-9-15-27(23-25)33-19-11-17-31-21-22-32-18-12-20-34-28-16-10-14-26(24-28)30(38)36(7-3)8-4/h9-10,13-16,23-24,31-34H,5-8,11-12,17-22H2,1-4H3. The van der Waals surface area contributed by atoms with Gasteiger partial charge in [0.25, 0.3) is 11.8 Å². The average Bonchev–Trinajstić information content (AvgIpc) is 2.95. The Kier molecular flexibility index (Phi) is 14.9. The Morgan fingerprint density at radius 1 is 0.579 bits per heavy atom. The Bertz CT molecular complexity index is 882. The van der Waals surface area contributed by atoms with Crippen molar-refractivity contribution in [3.63, 3.8) is 0 Å². The third-order valence-corrected chi connectivity index (χ3v) is 6.52. The number of anilines is 2. The van der Waals surface area contributed by atoms with Gasteiger partial charge in [0.05, 0.1) is 0 Å². The molecule has 0 saturated heterocycles. The molecule has 0 aliphatic heterocycles. The molecule has 2 rings (SSSR count). The molecular formula is C30H48N6O2. The minimum atomic E-state index is 0.0835. The number of hydrogen-bond donors (Lipinski definition) is 4. The molecule has 0 aromatic heterocycles. The van der Waals surface area contributed by atoms with Crippen molar-refractivity contribution in [1.29, 1.82) is 0 Å². The molecule has 0 radical (unpaired) electrons. The summed E-state index contributed by atoms with van der Waals surface area (Å²) in [5, 5.41) is 13.8. The van der Waals surface area contributed by atoms with Gasteiger partial charge in [-0.15, -0.1) is 0 Å². The molecule has 0 spiro atoms. The zero-order valence-corrected chi connectivity index (χ0v) is 23.8. The summed E-state index contributed by atoms with van der Waals surface area (Å²) in [6.45, 7) is 16.4. The maximum atomic E-state index is 12.5. The van der Waals surface area contributed by atoms with Crippen molar-refractivity contribution in [3.8, 4) is 0 Å². The van der Waals surface area contributed by atoms with Crippen LogP contribution in [0.25, 0.3) is 0 Å². The number of nitrogens with zero attached hydrogens (tertiary/aromatic N) is 2. The lowest BCUT2D eigenvalue weighted by Gasteiger charge is -2.19. The Balaban J connectivity index is 1.51. The van der Waals surface area contributed by atoms with Gasteiger partial charge in [0.1, 0.15) is 0 Å². The van der Waals surface area contributed by atoms with E-state index in [2.05, 4.69) is 21.3 Å². The Morgan fingerprint density at radius 3 is 1.34 bits per heavy atom. The van der Waals surface area contributed by atoms with Crippen molar-refractivity contribution < 1.29 is 9.59 Å². The summed E-state index contributed by atoms with van der Waals surface area (Å²) in [5.41, 5.74) is 3.44. The Labute approximate surface area is 229 Å². The molecule has 8 heteroatoms. The molecule has 0 saturated carbocycles. The minimum absolute atomic E-state index is 0.0835. The van der Waals surface area contributed by atoms with Crippen molar-refractivity contribution in [1.82, 2.24) is 20.4 Å². The fourth-order valence-corrected chi connectivity index (χ4v) is 4.23. The van der Waals surface area contributed by atoms with E-state index < -0.39 is 0 Å². The van der Waals surface area contributed by atoms with Crippen LogP contribution in [-0.4, -0.2) is 87.1 Å². The maximum Gasteiger partial charge on any atom is 0.253 e. The van der Waals surface area contributed by atoms with E-state index in [1.165, 1.54) is 0 Å². The molecule has 0 bridgehead atoms. The maximum absolute atomic E-state index is 12.5. The Hall–Kier alpha value is -3.10. The second kappa shape index (κ2) is 18.2. The average molecular weight is 525 g/mol. The lowest BCUT2D eigenvalue weighted by molar-refractivity contribution is 0.0765. The van der Waals surface area contributed by atoms with Crippen LogP contribution in [0.1, 0.15) is 61.3 Å². The first-order valence-corrected chi connectivity index (χ1v) is 14.2. The van der Waals surface area contributed by atoms with Crippen molar-refractivity contribution in [2.45, 2.75) is 40.5 Å². The van der Waals surface area contributed by atoms with Crippen LogP contribution in [0, 0.1) is 0 Å². The molecular weight excluding hydrogens is 476 g/mol.